The van der Waals surface area contributed by atoms with E-state index in [2.05, 4.69) is 23.7 Å². The van der Waals surface area contributed by atoms with Gasteiger partial charge in [0.1, 0.15) is 5.82 Å². The number of piperidine rings is 1. The van der Waals surface area contributed by atoms with Crippen LogP contribution in [0.4, 0.5) is 5.82 Å². The first-order valence-electron chi connectivity index (χ1n) is 7.43. The molecule has 2 heterocycles. The fourth-order valence-electron chi connectivity index (χ4n) is 3.00. The predicted octanol–water partition coefficient (Wildman–Crippen LogP) is 3.27. The second-order valence-electron chi connectivity index (χ2n) is 5.59. The van der Waals surface area contributed by atoms with Gasteiger partial charge in [0, 0.05) is 19.3 Å². The van der Waals surface area contributed by atoms with Crippen LogP contribution in [0.25, 0.3) is 0 Å². The van der Waals surface area contributed by atoms with E-state index in [1.165, 1.54) is 32.8 Å². The summed E-state index contributed by atoms with van der Waals surface area (Å²) in [6.45, 7) is 6.60. The van der Waals surface area contributed by atoms with Crippen LogP contribution in [0.3, 0.4) is 0 Å². The van der Waals surface area contributed by atoms with E-state index in [9.17, 15) is 4.79 Å². The van der Waals surface area contributed by atoms with E-state index >= 15 is 0 Å². The standard InChI is InChI=1S/C16H24N2O2/c1-4-16(5-2)7-10-18(11-8-16)14-12-13(6-9-17-14)15(19)20-3/h6,9,12H,4-5,7-8,10-11H2,1-3H3. The first-order valence-corrected chi connectivity index (χ1v) is 7.43. The molecule has 0 saturated carbocycles. The van der Waals surface area contributed by atoms with Gasteiger partial charge in [-0.25, -0.2) is 9.78 Å². The molecule has 0 atom stereocenters. The number of aromatic nitrogens is 1. The Hall–Kier alpha value is -1.58. The van der Waals surface area contributed by atoms with Crippen molar-refractivity contribution in [2.24, 2.45) is 5.41 Å². The first kappa shape index (κ1) is 14.8. The van der Waals surface area contributed by atoms with Gasteiger partial charge in [0.25, 0.3) is 0 Å². The number of anilines is 1. The summed E-state index contributed by atoms with van der Waals surface area (Å²) in [5.74, 6) is 0.579. The summed E-state index contributed by atoms with van der Waals surface area (Å²) >= 11 is 0. The van der Waals surface area contributed by atoms with Crippen LogP contribution >= 0.6 is 0 Å². The van der Waals surface area contributed by atoms with E-state index in [4.69, 9.17) is 4.74 Å². The molecule has 4 nitrogen and oxygen atoms in total. The van der Waals surface area contributed by atoms with Gasteiger partial charge in [-0.05, 0) is 30.4 Å². The van der Waals surface area contributed by atoms with Gasteiger partial charge in [-0.3, -0.25) is 0 Å². The van der Waals surface area contributed by atoms with Crippen LogP contribution < -0.4 is 4.90 Å². The number of methoxy groups -OCH3 is 1. The Bertz CT molecular complexity index is 459. The molecular weight excluding hydrogens is 252 g/mol. The quantitative estimate of drug-likeness (QED) is 0.792. The molecule has 1 aromatic heterocycles. The number of carbonyl (C=O) groups is 1. The molecule has 2 rings (SSSR count). The molecule has 0 aromatic carbocycles. The molecule has 0 aliphatic carbocycles. The number of carbonyl (C=O) groups excluding carboxylic acids is 1. The Morgan fingerprint density at radius 2 is 2.00 bits per heavy atom. The van der Waals surface area contributed by atoms with Crippen LogP contribution in [-0.2, 0) is 4.74 Å². The average molecular weight is 276 g/mol. The molecule has 20 heavy (non-hydrogen) atoms. The fourth-order valence-corrected chi connectivity index (χ4v) is 3.00. The van der Waals surface area contributed by atoms with Crippen molar-refractivity contribution in [3.05, 3.63) is 23.9 Å². The lowest BCUT2D eigenvalue weighted by Crippen LogP contribution is -2.40. The van der Waals surface area contributed by atoms with E-state index in [-0.39, 0.29) is 5.97 Å². The van der Waals surface area contributed by atoms with Gasteiger partial charge in [0.2, 0.25) is 0 Å². The highest BCUT2D eigenvalue weighted by atomic mass is 16.5. The zero-order valence-electron chi connectivity index (χ0n) is 12.7. The van der Waals surface area contributed by atoms with Crippen molar-refractivity contribution in [3.63, 3.8) is 0 Å². The maximum Gasteiger partial charge on any atom is 0.338 e. The summed E-state index contributed by atoms with van der Waals surface area (Å²) in [5.41, 5.74) is 1.07. The summed E-state index contributed by atoms with van der Waals surface area (Å²) in [4.78, 5) is 18.2. The van der Waals surface area contributed by atoms with Crippen LogP contribution in [0.2, 0.25) is 0 Å². The second kappa shape index (κ2) is 6.25. The van der Waals surface area contributed by atoms with Crippen LogP contribution in [-0.4, -0.2) is 31.2 Å². The van der Waals surface area contributed by atoms with Crippen molar-refractivity contribution in [1.29, 1.82) is 0 Å². The van der Waals surface area contributed by atoms with Gasteiger partial charge in [0.15, 0.2) is 0 Å². The average Bonchev–Trinajstić information content (AvgIpc) is 2.54. The Kier molecular flexibility index (Phi) is 4.63. The minimum atomic E-state index is -0.304. The minimum Gasteiger partial charge on any atom is -0.465 e. The topological polar surface area (TPSA) is 42.4 Å². The van der Waals surface area contributed by atoms with Crippen molar-refractivity contribution in [2.45, 2.75) is 39.5 Å². The molecule has 4 heteroatoms. The second-order valence-corrected chi connectivity index (χ2v) is 5.59. The Balaban J connectivity index is 2.09. The van der Waals surface area contributed by atoms with E-state index in [0.717, 1.165) is 18.9 Å². The number of hydrogen-bond donors (Lipinski definition) is 0. The maximum atomic E-state index is 11.6. The largest absolute Gasteiger partial charge is 0.465 e. The summed E-state index contributed by atoms with van der Waals surface area (Å²) in [6, 6.07) is 3.53. The smallest absolute Gasteiger partial charge is 0.338 e. The molecule has 0 amide bonds. The third kappa shape index (κ3) is 2.94. The molecule has 1 aliphatic rings. The van der Waals surface area contributed by atoms with Gasteiger partial charge in [-0.1, -0.05) is 26.7 Å². The molecule has 1 fully saturated rings. The van der Waals surface area contributed by atoms with Gasteiger partial charge in [0.05, 0.1) is 12.7 Å². The van der Waals surface area contributed by atoms with Gasteiger partial charge in [-0.15, -0.1) is 0 Å². The Morgan fingerprint density at radius 3 is 2.55 bits per heavy atom. The molecule has 1 saturated heterocycles. The van der Waals surface area contributed by atoms with Crippen molar-refractivity contribution in [1.82, 2.24) is 4.98 Å². The molecule has 0 radical (unpaired) electrons. The summed E-state index contributed by atoms with van der Waals surface area (Å²) < 4.78 is 4.76. The van der Waals surface area contributed by atoms with Crippen molar-refractivity contribution in [2.75, 3.05) is 25.1 Å². The number of rotatable bonds is 4. The molecule has 1 aromatic rings. The van der Waals surface area contributed by atoms with Crippen LogP contribution in [0.5, 0.6) is 0 Å². The van der Waals surface area contributed by atoms with Crippen molar-refractivity contribution < 1.29 is 9.53 Å². The molecule has 110 valence electrons. The highest BCUT2D eigenvalue weighted by Gasteiger charge is 2.31. The monoisotopic (exact) mass is 276 g/mol. The van der Waals surface area contributed by atoms with E-state index in [1.807, 2.05) is 6.07 Å². The number of nitrogens with zero attached hydrogens (tertiary/aromatic N) is 2. The van der Waals surface area contributed by atoms with Gasteiger partial charge in [-0.2, -0.15) is 0 Å². The lowest BCUT2D eigenvalue weighted by Gasteiger charge is -2.41. The minimum absolute atomic E-state index is 0.304. The third-order valence-electron chi connectivity index (χ3n) is 4.81. The fraction of sp³-hybridized carbons (Fsp3) is 0.625. The lowest BCUT2D eigenvalue weighted by atomic mass is 9.74. The first-order chi connectivity index (χ1) is 9.64. The SMILES string of the molecule is CCC1(CC)CCN(c2cc(C(=O)OC)ccn2)CC1. The van der Waals surface area contributed by atoms with Crippen molar-refractivity contribution in [3.8, 4) is 0 Å². The highest BCUT2D eigenvalue weighted by Crippen LogP contribution is 2.38. The zero-order valence-corrected chi connectivity index (χ0v) is 12.7. The molecular formula is C16H24N2O2. The normalized spacial score (nSPS) is 17.9. The third-order valence-corrected chi connectivity index (χ3v) is 4.81. The Morgan fingerprint density at radius 1 is 1.35 bits per heavy atom. The lowest BCUT2D eigenvalue weighted by molar-refractivity contribution is 0.0600. The van der Waals surface area contributed by atoms with E-state index < -0.39 is 0 Å². The van der Waals surface area contributed by atoms with Crippen LogP contribution in [0.15, 0.2) is 18.3 Å². The summed E-state index contributed by atoms with van der Waals surface area (Å²) in [6.07, 6.45) is 6.57. The van der Waals surface area contributed by atoms with Gasteiger partial charge < -0.3 is 9.64 Å². The summed E-state index contributed by atoms with van der Waals surface area (Å²) in [5, 5.41) is 0. The Labute approximate surface area is 121 Å². The van der Waals surface area contributed by atoms with Gasteiger partial charge >= 0.3 is 5.97 Å². The number of ether oxygens (including phenoxy) is 1. The molecule has 0 bridgehead atoms. The molecule has 0 spiro atoms. The molecule has 0 N–H and O–H groups in total. The molecule has 0 unspecified atom stereocenters. The number of hydrogen-bond acceptors (Lipinski definition) is 4. The van der Waals surface area contributed by atoms with E-state index in [1.54, 1.807) is 12.3 Å². The predicted molar refractivity (Wildman–Crippen MR) is 80.0 cm³/mol. The maximum absolute atomic E-state index is 11.6. The summed E-state index contributed by atoms with van der Waals surface area (Å²) in [7, 11) is 1.40. The van der Waals surface area contributed by atoms with E-state index in [0.29, 0.717) is 11.0 Å². The highest BCUT2D eigenvalue weighted by molar-refractivity contribution is 5.90. The van der Waals surface area contributed by atoms with Crippen molar-refractivity contribution >= 4 is 11.8 Å². The number of esters is 1. The molecule has 1 aliphatic heterocycles. The number of pyridine rings is 1. The van der Waals surface area contributed by atoms with Crippen LogP contribution in [0.1, 0.15) is 49.9 Å². The van der Waals surface area contributed by atoms with Crippen LogP contribution in [0, 0.1) is 5.41 Å². The zero-order chi connectivity index (χ0) is 14.6.